The summed E-state index contributed by atoms with van der Waals surface area (Å²) in [6.45, 7) is 0.693. The van der Waals surface area contributed by atoms with E-state index < -0.39 is 0 Å². The Morgan fingerprint density at radius 2 is 2.64 bits per heavy atom. The monoisotopic (exact) mass is 172 g/mol. The summed E-state index contributed by atoms with van der Waals surface area (Å²) in [5, 5.41) is 1.97. The van der Waals surface area contributed by atoms with E-state index in [1.807, 2.05) is 5.38 Å². The molecule has 1 atom stereocenters. The molecule has 62 valence electrons. The number of rotatable bonds is 4. The number of hydrogen-bond acceptors (Lipinski definition) is 4. The minimum atomic E-state index is 0.0289. The number of aromatic nitrogens is 1. The minimum absolute atomic E-state index is 0.0289. The Kier molecular flexibility index (Phi) is 3.48. The third-order valence-electron chi connectivity index (χ3n) is 1.46. The summed E-state index contributed by atoms with van der Waals surface area (Å²) in [4.78, 5) is 4.11. The third-order valence-corrected chi connectivity index (χ3v) is 2.07. The molecular formula is C7H12N2OS. The molecule has 0 saturated heterocycles. The van der Waals surface area contributed by atoms with Crippen LogP contribution >= 0.6 is 11.3 Å². The Hall–Kier alpha value is -0.450. The molecule has 0 aliphatic rings. The lowest BCUT2D eigenvalue weighted by molar-refractivity contribution is 0.188. The lowest BCUT2D eigenvalue weighted by Gasteiger charge is -2.06. The highest BCUT2D eigenvalue weighted by atomic mass is 32.1. The topological polar surface area (TPSA) is 48.1 Å². The standard InChI is InChI=1S/C7H12N2OS/c1-10-3-2-6(8)7-4-11-5-9-7/h4-6H,2-3,8H2,1H3. The van der Waals surface area contributed by atoms with Crippen LogP contribution in [0.1, 0.15) is 18.2 Å². The number of nitrogens with two attached hydrogens (primary N) is 1. The van der Waals surface area contributed by atoms with E-state index in [1.165, 1.54) is 0 Å². The van der Waals surface area contributed by atoms with Crippen molar-refractivity contribution in [1.82, 2.24) is 4.98 Å². The Balaban J connectivity index is 2.36. The van der Waals surface area contributed by atoms with Crippen molar-refractivity contribution >= 4 is 11.3 Å². The van der Waals surface area contributed by atoms with Gasteiger partial charge in [-0.15, -0.1) is 11.3 Å². The quantitative estimate of drug-likeness (QED) is 0.742. The molecule has 0 amide bonds. The second-order valence-electron chi connectivity index (χ2n) is 2.30. The molecule has 0 aromatic carbocycles. The average molecular weight is 172 g/mol. The maximum atomic E-state index is 5.79. The van der Waals surface area contributed by atoms with Crippen molar-refractivity contribution in [2.45, 2.75) is 12.5 Å². The van der Waals surface area contributed by atoms with Gasteiger partial charge in [-0.3, -0.25) is 0 Å². The predicted octanol–water partition coefficient (Wildman–Crippen LogP) is 1.18. The fourth-order valence-corrected chi connectivity index (χ4v) is 1.42. The van der Waals surface area contributed by atoms with Gasteiger partial charge in [0.1, 0.15) is 0 Å². The molecule has 1 unspecified atom stereocenters. The van der Waals surface area contributed by atoms with Crippen LogP contribution in [-0.4, -0.2) is 18.7 Å². The van der Waals surface area contributed by atoms with Gasteiger partial charge in [-0.05, 0) is 6.42 Å². The SMILES string of the molecule is COCCC(N)c1cscn1. The molecule has 1 heterocycles. The maximum absolute atomic E-state index is 5.79. The first-order chi connectivity index (χ1) is 5.34. The second kappa shape index (κ2) is 4.43. The molecule has 0 aliphatic carbocycles. The van der Waals surface area contributed by atoms with Gasteiger partial charge in [-0.2, -0.15) is 0 Å². The van der Waals surface area contributed by atoms with Gasteiger partial charge in [-0.25, -0.2) is 4.98 Å². The van der Waals surface area contributed by atoms with Crippen molar-refractivity contribution in [3.05, 3.63) is 16.6 Å². The molecule has 0 radical (unpaired) electrons. The second-order valence-corrected chi connectivity index (χ2v) is 3.02. The molecule has 1 aromatic rings. The van der Waals surface area contributed by atoms with Crippen molar-refractivity contribution in [1.29, 1.82) is 0 Å². The van der Waals surface area contributed by atoms with E-state index in [4.69, 9.17) is 10.5 Å². The molecule has 1 rings (SSSR count). The smallest absolute Gasteiger partial charge is 0.0795 e. The molecule has 0 spiro atoms. The highest BCUT2D eigenvalue weighted by molar-refractivity contribution is 7.07. The minimum Gasteiger partial charge on any atom is -0.385 e. The summed E-state index contributed by atoms with van der Waals surface area (Å²) in [5.74, 6) is 0. The van der Waals surface area contributed by atoms with Gasteiger partial charge in [0.05, 0.1) is 17.2 Å². The van der Waals surface area contributed by atoms with Gasteiger partial charge >= 0.3 is 0 Å². The van der Waals surface area contributed by atoms with Gasteiger partial charge in [-0.1, -0.05) is 0 Å². The van der Waals surface area contributed by atoms with Crippen LogP contribution in [0, 0.1) is 0 Å². The Bertz CT molecular complexity index is 188. The lowest BCUT2D eigenvalue weighted by atomic mass is 10.2. The summed E-state index contributed by atoms with van der Waals surface area (Å²) in [7, 11) is 1.67. The largest absolute Gasteiger partial charge is 0.385 e. The first-order valence-electron chi connectivity index (χ1n) is 3.47. The molecule has 2 N–H and O–H groups in total. The van der Waals surface area contributed by atoms with Gasteiger partial charge < -0.3 is 10.5 Å². The zero-order chi connectivity index (χ0) is 8.10. The number of nitrogens with zero attached hydrogens (tertiary/aromatic N) is 1. The number of hydrogen-bond donors (Lipinski definition) is 1. The first kappa shape index (κ1) is 8.64. The molecule has 11 heavy (non-hydrogen) atoms. The van der Waals surface area contributed by atoms with E-state index >= 15 is 0 Å². The summed E-state index contributed by atoms with van der Waals surface area (Å²) in [6, 6.07) is 0.0289. The van der Waals surface area contributed by atoms with E-state index in [1.54, 1.807) is 24.0 Å². The number of ether oxygens (including phenoxy) is 1. The molecular weight excluding hydrogens is 160 g/mol. The molecule has 0 bridgehead atoms. The van der Waals surface area contributed by atoms with Crippen LogP contribution in [0.5, 0.6) is 0 Å². The van der Waals surface area contributed by atoms with E-state index in [0.717, 1.165) is 12.1 Å². The van der Waals surface area contributed by atoms with Crippen molar-refractivity contribution in [3.8, 4) is 0 Å². The normalized spacial score (nSPS) is 13.3. The highest BCUT2D eigenvalue weighted by Gasteiger charge is 2.06. The third kappa shape index (κ3) is 2.57. The van der Waals surface area contributed by atoms with Crippen LogP contribution < -0.4 is 5.73 Å². The summed E-state index contributed by atoms with van der Waals surface area (Å²) in [6.07, 6.45) is 0.834. The maximum Gasteiger partial charge on any atom is 0.0795 e. The fraction of sp³-hybridized carbons (Fsp3) is 0.571. The molecule has 0 saturated carbocycles. The van der Waals surface area contributed by atoms with E-state index in [9.17, 15) is 0 Å². The van der Waals surface area contributed by atoms with E-state index in [2.05, 4.69) is 4.98 Å². The zero-order valence-electron chi connectivity index (χ0n) is 6.49. The van der Waals surface area contributed by atoms with Crippen molar-refractivity contribution < 1.29 is 4.74 Å². The molecule has 3 nitrogen and oxygen atoms in total. The van der Waals surface area contributed by atoms with Gasteiger partial charge in [0.15, 0.2) is 0 Å². The van der Waals surface area contributed by atoms with E-state index in [-0.39, 0.29) is 6.04 Å². The van der Waals surface area contributed by atoms with Crippen molar-refractivity contribution in [3.63, 3.8) is 0 Å². The molecule has 1 aromatic heterocycles. The predicted molar refractivity (Wildman–Crippen MR) is 45.5 cm³/mol. The Morgan fingerprint density at radius 3 is 3.18 bits per heavy atom. The van der Waals surface area contributed by atoms with Crippen LogP contribution in [0.4, 0.5) is 0 Å². The van der Waals surface area contributed by atoms with Gasteiger partial charge in [0.2, 0.25) is 0 Å². The van der Waals surface area contributed by atoms with Crippen molar-refractivity contribution in [2.75, 3.05) is 13.7 Å². The lowest BCUT2D eigenvalue weighted by Crippen LogP contribution is -2.12. The van der Waals surface area contributed by atoms with Crippen LogP contribution in [0.25, 0.3) is 0 Å². The van der Waals surface area contributed by atoms with Crippen LogP contribution in [0.3, 0.4) is 0 Å². The van der Waals surface area contributed by atoms with Crippen molar-refractivity contribution in [2.24, 2.45) is 5.73 Å². The van der Waals surface area contributed by atoms with E-state index in [0.29, 0.717) is 6.61 Å². The van der Waals surface area contributed by atoms with Gasteiger partial charge in [0, 0.05) is 19.1 Å². The zero-order valence-corrected chi connectivity index (χ0v) is 7.30. The van der Waals surface area contributed by atoms with Crippen LogP contribution in [-0.2, 0) is 4.74 Å². The molecule has 0 fully saturated rings. The average Bonchev–Trinajstić information content (AvgIpc) is 2.52. The Labute approximate surface area is 70.2 Å². The van der Waals surface area contributed by atoms with Gasteiger partial charge in [0.25, 0.3) is 0 Å². The Morgan fingerprint density at radius 1 is 1.82 bits per heavy atom. The molecule has 0 aliphatic heterocycles. The molecule has 4 heteroatoms. The number of thiazole rings is 1. The summed E-state index contributed by atoms with van der Waals surface area (Å²) >= 11 is 1.57. The first-order valence-corrected chi connectivity index (χ1v) is 4.41. The summed E-state index contributed by atoms with van der Waals surface area (Å²) in [5.41, 5.74) is 8.55. The fourth-order valence-electron chi connectivity index (χ4n) is 0.798. The highest BCUT2D eigenvalue weighted by Crippen LogP contribution is 2.12. The summed E-state index contributed by atoms with van der Waals surface area (Å²) < 4.78 is 4.91. The van der Waals surface area contributed by atoms with Crippen LogP contribution in [0.15, 0.2) is 10.9 Å². The number of methoxy groups -OCH3 is 1. The van der Waals surface area contributed by atoms with Crippen LogP contribution in [0.2, 0.25) is 0 Å².